The molecule has 0 bridgehead atoms. The van der Waals surface area contributed by atoms with Gasteiger partial charge in [0.1, 0.15) is 6.04 Å². The molecular weight excluding hydrogens is 324 g/mol. The van der Waals surface area contributed by atoms with Crippen LogP contribution in [0, 0.1) is 0 Å². The highest BCUT2D eigenvalue weighted by Gasteiger charge is 2.20. The maximum Gasteiger partial charge on any atom is 0.320 e. The number of fused-ring (bicyclic) bond motifs is 1. The first kappa shape index (κ1) is 17.4. The number of aliphatic carboxylic acids is 1. The Balaban J connectivity index is 2.06. The fraction of sp³-hybridized carbons (Fsp3) is 0.467. The Hall–Kier alpha value is -1.99. The number of carbonyl (C=O) groups excluding carboxylic acids is 1. The van der Waals surface area contributed by atoms with E-state index >= 15 is 0 Å². The van der Waals surface area contributed by atoms with Crippen LogP contribution in [0.1, 0.15) is 13.3 Å². The average Bonchev–Trinajstić information content (AvgIpc) is 2.71. The molecule has 1 aromatic carbocycles. The van der Waals surface area contributed by atoms with Crippen LogP contribution in [0.25, 0.3) is 0 Å². The van der Waals surface area contributed by atoms with Crippen molar-refractivity contribution >= 4 is 29.2 Å². The highest BCUT2D eigenvalue weighted by atomic mass is 35.5. The number of carboxylic acids is 1. The van der Waals surface area contributed by atoms with Gasteiger partial charge in [-0.2, -0.15) is 0 Å². The molecule has 7 nitrogen and oxygen atoms in total. The Morgan fingerprint density at radius 1 is 1.35 bits per heavy atom. The third kappa shape index (κ3) is 4.49. The molecule has 0 aromatic heterocycles. The van der Waals surface area contributed by atoms with Gasteiger partial charge in [-0.15, -0.1) is 0 Å². The van der Waals surface area contributed by atoms with Crippen molar-refractivity contribution in [2.45, 2.75) is 19.4 Å². The molecule has 0 radical (unpaired) electrons. The van der Waals surface area contributed by atoms with E-state index in [0.29, 0.717) is 35.4 Å². The van der Waals surface area contributed by atoms with Crippen molar-refractivity contribution < 1.29 is 24.2 Å². The van der Waals surface area contributed by atoms with Gasteiger partial charge in [-0.25, -0.2) is 0 Å². The number of nitrogens with one attached hydrogen (secondary N) is 1. The van der Waals surface area contributed by atoms with Gasteiger partial charge in [0.2, 0.25) is 5.91 Å². The summed E-state index contributed by atoms with van der Waals surface area (Å²) in [6.45, 7) is 2.52. The number of carbonyl (C=O) groups is 2. The van der Waals surface area contributed by atoms with Crippen LogP contribution in [0.5, 0.6) is 11.5 Å². The molecule has 1 unspecified atom stereocenters. The van der Waals surface area contributed by atoms with E-state index in [9.17, 15) is 9.59 Å². The SMILES string of the molecule is CC(C(=O)O)N(C)CC(=O)Nc1cc2c(cc1Cl)OCCCO2. The molecular formula is C15H19ClN2O5. The smallest absolute Gasteiger partial charge is 0.320 e. The lowest BCUT2D eigenvalue weighted by Gasteiger charge is -2.20. The normalized spacial score (nSPS) is 15.0. The van der Waals surface area contributed by atoms with Gasteiger partial charge < -0.3 is 19.9 Å². The third-order valence-corrected chi connectivity index (χ3v) is 3.84. The zero-order valence-corrected chi connectivity index (χ0v) is 13.7. The van der Waals surface area contributed by atoms with Crippen LogP contribution in [-0.2, 0) is 9.59 Å². The van der Waals surface area contributed by atoms with E-state index < -0.39 is 12.0 Å². The minimum Gasteiger partial charge on any atom is -0.490 e. The summed E-state index contributed by atoms with van der Waals surface area (Å²) in [5.41, 5.74) is 0.400. The molecule has 1 aliphatic heterocycles. The largest absolute Gasteiger partial charge is 0.490 e. The summed E-state index contributed by atoms with van der Waals surface area (Å²) < 4.78 is 11.1. The van der Waals surface area contributed by atoms with E-state index in [1.54, 1.807) is 19.2 Å². The molecule has 126 valence electrons. The minimum absolute atomic E-state index is 0.0712. The number of carboxylic acid groups (broad SMARTS) is 1. The molecule has 1 amide bonds. The lowest BCUT2D eigenvalue weighted by Crippen LogP contribution is -2.40. The molecule has 1 aliphatic rings. The highest BCUT2D eigenvalue weighted by molar-refractivity contribution is 6.34. The molecule has 0 fully saturated rings. The van der Waals surface area contributed by atoms with Crippen LogP contribution < -0.4 is 14.8 Å². The van der Waals surface area contributed by atoms with Crippen LogP contribution >= 0.6 is 11.6 Å². The first-order valence-corrected chi connectivity index (χ1v) is 7.58. The number of benzene rings is 1. The molecule has 0 spiro atoms. The first-order valence-electron chi connectivity index (χ1n) is 7.20. The second-order valence-electron chi connectivity index (χ2n) is 5.31. The number of likely N-dealkylation sites (N-methyl/N-ethyl adjacent to an activating group) is 1. The van der Waals surface area contributed by atoms with Gasteiger partial charge in [-0.1, -0.05) is 11.6 Å². The van der Waals surface area contributed by atoms with Gasteiger partial charge in [0.15, 0.2) is 11.5 Å². The monoisotopic (exact) mass is 342 g/mol. The zero-order valence-electron chi connectivity index (χ0n) is 13.0. The summed E-state index contributed by atoms with van der Waals surface area (Å²) in [6, 6.07) is 2.45. The van der Waals surface area contributed by atoms with Crippen molar-refractivity contribution in [2.24, 2.45) is 0 Å². The van der Waals surface area contributed by atoms with E-state index in [0.717, 1.165) is 6.42 Å². The molecule has 0 saturated heterocycles. The third-order valence-electron chi connectivity index (χ3n) is 3.52. The van der Waals surface area contributed by atoms with E-state index in [4.69, 9.17) is 26.2 Å². The second-order valence-corrected chi connectivity index (χ2v) is 5.71. The number of ether oxygens (including phenoxy) is 2. The Morgan fingerprint density at radius 3 is 2.57 bits per heavy atom. The van der Waals surface area contributed by atoms with E-state index in [-0.39, 0.29) is 12.5 Å². The number of hydrogen-bond acceptors (Lipinski definition) is 5. The topological polar surface area (TPSA) is 88.1 Å². The first-order chi connectivity index (χ1) is 10.9. The predicted molar refractivity (Wildman–Crippen MR) is 85.4 cm³/mol. The molecule has 8 heteroatoms. The second kappa shape index (κ2) is 7.52. The molecule has 0 saturated carbocycles. The Labute approximate surface area is 139 Å². The van der Waals surface area contributed by atoms with E-state index in [1.807, 2.05) is 0 Å². The van der Waals surface area contributed by atoms with E-state index in [2.05, 4.69) is 5.32 Å². The lowest BCUT2D eigenvalue weighted by molar-refractivity contribution is -0.142. The maximum atomic E-state index is 12.1. The number of rotatable bonds is 5. The number of halogens is 1. The standard InChI is InChI=1S/C15H19ClN2O5/c1-9(15(20)21)18(2)8-14(19)17-11-7-13-12(6-10(11)16)22-4-3-5-23-13/h6-7,9H,3-5,8H2,1-2H3,(H,17,19)(H,20,21). The summed E-state index contributed by atoms with van der Waals surface area (Å²) in [7, 11) is 1.56. The van der Waals surface area contributed by atoms with Crippen LogP contribution in [-0.4, -0.2) is 54.7 Å². The Bertz CT molecular complexity index is 608. The van der Waals surface area contributed by atoms with Crippen molar-refractivity contribution in [3.8, 4) is 11.5 Å². The summed E-state index contributed by atoms with van der Waals surface area (Å²) in [5.74, 6) is -0.289. The van der Waals surface area contributed by atoms with Gasteiger partial charge in [0.25, 0.3) is 0 Å². The summed E-state index contributed by atoms with van der Waals surface area (Å²) in [5, 5.41) is 11.9. The van der Waals surface area contributed by atoms with Crippen molar-refractivity contribution in [2.75, 3.05) is 32.1 Å². The van der Waals surface area contributed by atoms with Crippen LogP contribution in [0.3, 0.4) is 0 Å². The van der Waals surface area contributed by atoms with Gasteiger partial charge in [0, 0.05) is 18.6 Å². The molecule has 1 heterocycles. The average molecular weight is 343 g/mol. The van der Waals surface area contributed by atoms with Gasteiger partial charge in [0.05, 0.1) is 30.5 Å². The van der Waals surface area contributed by atoms with Gasteiger partial charge in [-0.3, -0.25) is 14.5 Å². The van der Waals surface area contributed by atoms with Crippen LogP contribution in [0.15, 0.2) is 12.1 Å². The Morgan fingerprint density at radius 2 is 1.96 bits per heavy atom. The van der Waals surface area contributed by atoms with Crippen molar-refractivity contribution in [3.63, 3.8) is 0 Å². The van der Waals surface area contributed by atoms with Gasteiger partial charge in [-0.05, 0) is 14.0 Å². The summed E-state index contributed by atoms with van der Waals surface area (Å²) in [4.78, 5) is 24.4. The van der Waals surface area contributed by atoms with Crippen molar-refractivity contribution in [3.05, 3.63) is 17.2 Å². The molecule has 2 rings (SSSR count). The van der Waals surface area contributed by atoms with Crippen molar-refractivity contribution in [1.29, 1.82) is 0 Å². The zero-order chi connectivity index (χ0) is 17.0. The highest BCUT2D eigenvalue weighted by Crippen LogP contribution is 2.37. The van der Waals surface area contributed by atoms with Gasteiger partial charge >= 0.3 is 5.97 Å². The van der Waals surface area contributed by atoms with Crippen LogP contribution in [0.4, 0.5) is 5.69 Å². The predicted octanol–water partition coefficient (Wildman–Crippen LogP) is 1.84. The maximum absolute atomic E-state index is 12.1. The number of anilines is 1. The van der Waals surface area contributed by atoms with Crippen LogP contribution in [0.2, 0.25) is 5.02 Å². The minimum atomic E-state index is -0.992. The molecule has 2 N–H and O–H groups in total. The molecule has 1 atom stereocenters. The summed E-state index contributed by atoms with van der Waals surface area (Å²) in [6.07, 6.45) is 0.770. The summed E-state index contributed by atoms with van der Waals surface area (Å²) >= 11 is 6.15. The Kier molecular flexibility index (Phi) is 5.68. The fourth-order valence-electron chi connectivity index (χ4n) is 2.02. The number of nitrogens with zero attached hydrogens (tertiary/aromatic N) is 1. The quantitative estimate of drug-likeness (QED) is 0.849. The van der Waals surface area contributed by atoms with E-state index in [1.165, 1.54) is 11.8 Å². The van der Waals surface area contributed by atoms with Crippen molar-refractivity contribution in [1.82, 2.24) is 4.90 Å². The molecule has 0 aliphatic carbocycles. The fourth-order valence-corrected chi connectivity index (χ4v) is 2.22. The number of amides is 1. The molecule has 23 heavy (non-hydrogen) atoms. The lowest BCUT2D eigenvalue weighted by atomic mass is 10.2. The molecule has 1 aromatic rings. The number of hydrogen-bond donors (Lipinski definition) is 2.